The van der Waals surface area contributed by atoms with Crippen molar-refractivity contribution >= 4 is 23.6 Å². The van der Waals surface area contributed by atoms with Crippen LogP contribution in [-0.4, -0.2) is 28.8 Å². The van der Waals surface area contributed by atoms with Gasteiger partial charge in [0.1, 0.15) is 6.04 Å². The number of thioether (sulfide) groups is 1. The second kappa shape index (κ2) is 5.65. The Hall–Kier alpha value is -1.49. The summed E-state index contributed by atoms with van der Waals surface area (Å²) in [6.45, 7) is 3.58. The minimum atomic E-state index is -0.984. The fourth-order valence-corrected chi connectivity index (χ4v) is 3.38. The lowest BCUT2D eigenvalue weighted by Gasteiger charge is -2.20. The van der Waals surface area contributed by atoms with Crippen molar-refractivity contribution in [1.82, 2.24) is 5.32 Å². The number of carboxylic acids is 1. The molecule has 0 saturated carbocycles. The standard InChI is InChI=1S/C14H17NO3S/c1-8(2)12(14(17)18)15-13(16)10-7-19-11-6-4-3-5-9(10)11/h3-6,8,10,12H,7H2,1-2H3,(H,15,16)(H,17,18)/t10?,12-/m0/s1. The minimum absolute atomic E-state index is 0.134. The first kappa shape index (κ1) is 13.9. The number of carbonyl (C=O) groups is 2. The molecule has 1 aliphatic heterocycles. The molecule has 1 aromatic rings. The van der Waals surface area contributed by atoms with Crippen molar-refractivity contribution < 1.29 is 14.7 Å². The minimum Gasteiger partial charge on any atom is -0.480 e. The Kier molecular flexibility index (Phi) is 4.14. The van der Waals surface area contributed by atoms with Crippen molar-refractivity contribution in [3.8, 4) is 0 Å². The Morgan fingerprint density at radius 1 is 1.37 bits per heavy atom. The number of nitrogens with one attached hydrogen (secondary N) is 1. The summed E-state index contributed by atoms with van der Waals surface area (Å²) in [6.07, 6.45) is 0. The zero-order valence-electron chi connectivity index (χ0n) is 10.9. The van der Waals surface area contributed by atoms with Gasteiger partial charge in [0.15, 0.2) is 0 Å². The van der Waals surface area contributed by atoms with Gasteiger partial charge in [-0.05, 0) is 17.5 Å². The van der Waals surface area contributed by atoms with Crippen LogP contribution in [-0.2, 0) is 9.59 Å². The molecule has 1 amide bonds. The van der Waals surface area contributed by atoms with E-state index in [1.807, 2.05) is 24.3 Å². The van der Waals surface area contributed by atoms with Crippen LogP contribution in [0.25, 0.3) is 0 Å². The van der Waals surface area contributed by atoms with Gasteiger partial charge in [-0.1, -0.05) is 32.0 Å². The molecule has 0 bridgehead atoms. The number of carboxylic acid groups (broad SMARTS) is 1. The number of fused-ring (bicyclic) bond motifs is 1. The van der Waals surface area contributed by atoms with Crippen LogP contribution in [0.5, 0.6) is 0 Å². The molecule has 0 aromatic heterocycles. The van der Waals surface area contributed by atoms with Crippen LogP contribution in [0, 0.1) is 5.92 Å². The molecule has 2 N–H and O–H groups in total. The normalized spacial score (nSPS) is 19.0. The topological polar surface area (TPSA) is 66.4 Å². The fraction of sp³-hybridized carbons (Fsp3) is 0.429. The lowest BCUT2D eigenvalue weighted by molar-refractivity contribution is -0.143. The Morgan fingerprint density at radius 3 is 2.68 bits per heavy atom. The van der Waals surface area contributed by atoms with Crippen molar-refractivity contribution in [3.63, 3.8) is 0 Å². The van der Waals surface area contributed by atoms with E-state index in [1.165, 1.54) is 0 Å². The summed E-state index contributed by atoms with van der Waals surface area (Å²) in [5.74, 6) is -0.885. The van der Waals surface area contributed by atoms with Gasteiger partial charge in [0.2, 0.25) is 5.91 Å². The predicted molar refractivity (Wildman–Crippen MR) is 74.3 cm³/mol. The van der Waals surface area contributed by atoms with Gasteiger partial charge >= 0.3 is 5.97 Å². The summed E-state index contributed by atoms with van der Waals surface area (Å²) < 4.78 is 0. The first-order valence-corrected chi connectivity index (χ1v) is 7.24. The average molecular weight is 279 g/mol. The van der Waals surface area contributed by atoms with Gasteiger partial charge in [-0.25, -0.2) is 4.79 Å². The molecule has 19 heavy (non-hydrogen) atoms. The van der Waals surface area contributed by atoms with E-state index in [9.17, 15) is 9.59 Å². The lowest BCUT2D eigenvalue weighted by Crippen LogP contribution is -2.46. The highest BCUT2D eigenvalue weighted by Gasteiger charge is 2.32. The van der Waals surface area contributed by atoms with Crippen molar-refractivity contribution in [2.75, 3.05) is 5.75 Å². The van der Waals surface area contributed by atoms with Crippen LogP contribution in [0.3, 0.4) is 0 Å². The summed E-state index contributed by atoms with van der Waals surface area (Å²) >= 11 is 1.64. The van der Waals surface area contributed by atoms with E-state index in [1.54, 1.807) is 25.6 Å². The maximum absolute atomic E-state index is 12.2. The third kappa shape index (κ3) is 2.92. The summed E-state index contributed by atoms with van der Waals surface area (Å²) in [6, 6.07) is 6.95. The van der Waals surface area contributed by atoms with E-state index in [-0.39, 0.29) is 17.7 Å². The maximum Gasteiger partial charge on any atom is 0.326 e. The Balaban J connectivity index is 2.12. The molecule has 0 aliphatic carbocycles. The van der Waals surface area contributed by atoms with Gasteiger partial charge in [-0.15, -0.1) is 11.8 Å². The van der Waals surface area contributed by atoms with Crippen LogP contribution in [0.4, 0.5) is 0 Å². The van der Waals surface area contributed by atoms with Gasteiger partial charge in [0, 0.05) is 10.6 Å². The number of hydrogen-bond donors (Lipinski definition) is 2. The van der Waals surface area contributed by atoms with E-state index in [0.29, 0.717) is 5.75 Å². The van der Waals surface area contributed by atoms with Crippen LogP contribution < -0.4 is 5.32 Å². The molecule has 1 aliphatic rings. The monoisotopic (exact) mass is 279 g/mol. The molecule has 102 valence electrons. The van der Waals surface area contributed by atoms with E-state index in [4.69, 9.17) is 5.11 Å². The van der Waals surface area contributed by atoms with Crippen molar-refractivity contribution in [2.24, 2.45) is 5.92 Å². The number of benzene rings is 1. The van der Waals surface area contributed by atoms with Gasteiger partial charge < -0.3 is 10.4 Å². The third-order valence-electron chi connectivity index (χ3n) is 3.25. The molecule has 5 heteroatoms. The van der Waals surface area contributed by atoms with E-state index < -0.39 is 12.0 Å². The van der Waals surface area contributed by atoms with E-state index >= 15 is 0 Å². The largest absolute Gasteiger partial charge is 0.480 e. The number of aliphatic carboxylic acids is 1. The van der Waals surface area contributed by atoms with Crippen LogP contribution in [0.15, 0.2) is 29.2 Å². The maximum atomic E-state index is 12.2. The molecule has 0 radical (unpaired) electrons. The summed E-state index contributed by atoms with van der Waals surface area (Å²) in [5.41, 5.74) is 0.998. The second-order valence-electron chi connectivity index (χ2n) is 4.97. The van der Waals surface area contributed by atoms with Gasteiger partial charge in [-0.2, -0.15) is 0 Å². The van der Waals surface area contributed by atoms with E-state index in [2.05, 4.69) is 5.32 Å². The molecular formula is C14H17NO3S. The zero-order chi connectivity index (χ0) is 14.0. The fourth-order valence-electron chi connectivity index (χ4n) is 2.15. The number of carbonyl (C=O) groups excluding carboxylic acids is 1. The first-order valence-electron chi connectivity index (χ1n) is 6.25. The number of rotatable bonds is 4. The van der Waals surface area contributed by atoms with Crippen molar-refractivity contribution in [2.45, 2.75) is 30.7 Å². The summed E-state index contributed by atoms with van der Waals surface area (Å²) in [5, 5.41) is 11.8. The van der Waals surface area contributed by atoms with Crippen molar-refractivity contribution in [1.29, 1.82) is 0 Å². The van der Waals surface area contributed by atoms with Crippen LogP contribution in [0.1, 0.15) is 25.3 Å². The highest BCUT2D eigenvalue weighted by atomic mass is 32.2. The average Bonchev–Trinajstić information content (AvgIpc) is 2.78. The molecule has 4 nitrogen and oxygen atoms in total. The number of amides is 1. The molecule has 2 rings (SSSR count). The molecule has 0 fully saturated rings. The van der Waals surface area contributed by atoms with Gasteiger partial charge in [-0.3, -0.25) is 4.79 Å². The van der Waals surface area contributed by atoms with Crippen molar-refractivity contribution in [3.05, 3.63) is 29.8 Å². The Labute approximate surface area is 116 Å². The van der Waals surface area contributed by atoms with Crippen LogP contribution >= 0.6 is 11.8 Å². The van der Waals surface area contributed by atoms with E-state index in [0.717, 1.165) is 10.5 Å². The number of hydrogen-bond acceptors (Lipinski definition) is 3. The molecule has 0 saturated heterocycles. The van der Waals surface area contributed by atoms with Gasteiger partial charge in [0.05, 0.1) is 5.92 Å². The molecule has 1 heterocycles. The first-order chi connectivity index (χ1) is 9.00. The summed E-state index contributed by atoms with van der Waals surface area (Å²) in [7, 11) is 0. The molecule has 1 unspecified atom stereocenters. The van der Waals surface area contributed by atoms with Crippen LogP contribution in [0.2, 0.25) is 0 Å². The smallest absolute Gasteiger partial charge is 0.326 e. The Morgan fingerprint density at radius 2 is 2.05 bits per heavy atom. The summed E-state index contributed by atoms with van der Waals surface area (Å²) in [4.78, 5) is 24.5. The SMILES string of the molecule is CC(C)[C@H](NC(=O)C1CSc2ccccc21)C(=O)O. The zero-order valence-corrected chi connectivity index (χ0v) is 11.7. The molecule has 1 aromatic carbocycles. The van der Waals surface area contributed by atoms with Gasteiger partial charge in [0.25, 0.3) is 0 Å². The third-order valence-corrected chi connectivity index (χ3v) is 4.43. The Bertz CT molecular complexity index is 501. The molecule has 0 spiro atoms. The second-order valence-corrected chi connectivity index (χ2v) is 6.03. The highest BCUT2D eigenvalue weighted by molar-refractivity contribution is 7.99. The molecule has 2 atom stereocenters. The quantitative estimate of drug-likeness (QED) is 0.886. The highest BCUT2D eigenvalue weighted by Crippen LogP contribution is 2.39. The lowest BCUT2D eigenvalue weighted by atomic mass is 9.98. The molecular weight excluding hydrogens is 262 g/mol. The predicted octanol–water partition coefficient (Wildman–Crippen LogP) is 2.10.